The zero-order chi connectivity index (χ0) is 86.6. The Balaban J connectivity index is 0.000000109. The maximum atomic E-state index is 4.86. The lowest BCUT2D eigenvalue weighted by Crippen LogP contribution is -2.28. The van der Waals surface area contributed by atoms with Gasteiger partial charge in [-0.1, -0.05) is 467 Å². The number of benzene rings is 17. The molecule has 0 unspecified atom stereocenters. The highest BCUT2D eigenvalue weighted by Gasteiger charge is 2.46. The van der Waals surface area contributed by atoms with Crippen molar-refractivity contribution in [1.82, 2.24) is 39.9 Å². The third-order valence-electron chi connectivity index (χ3n) is 23.8. The predicted octanol–water partition coefficient (Wildman–Crippen LogP) is 29.6. The molecule has 2 aliphatic rings. The van der Waals surface area contributed by atoms with Gasteiger partial charge in [0.2, 0.25) is 0 Å². The van der Waals surface area contributed by atoms with E-state index in [4.69, 9.17) is 29.9 Å². The van der Waals surface area contributed by atoms with Crippen LogP contribution in [0.15, 0.2) is 443 Å². The van der Waals surface area contributed by atoms with Gasteiger partial charge in [-0.15, -0.1) is 0 Å². The summed E-state index contributed by atoms with van der Waals surface area (Å²) >= 11 is 0. The first-order valence-corrected chi connectivity index (χ1v) is 43.3. The van der Waals surface area contributed by atoms with Gasteiger partial charge < -0.3 is 0 Å². The fraction of sp³-hybridized carbons (Fsp3) is 0.0756. The molecule has 0 spiro atoms. The topological polar surface area (TPSA) is 103 Å². The van der Waals surface area contributed by atoms with Gasteiger partial charge in [-0.2, -0.15) is 0 Å². The number of hydrogen-bond acceptors (Lipinski definition) is 8. The van der Waals surface area contributed by atoms with Gasteiger partial charge in [-0.25, -0.2) is 39.9 Å². The average molecular weight is 1640 g/mol. The van der Waals surface area contributed by atoms with Crippen molar-refractivity contribution in [3.63, 3.8) is 0 Å². The molecule has 0 bridgehead atoms. The van der Waals surface area contributed by atoms with E-state index in [1.807, 2.05) is 128 Å². The molecule has 0 saturated carbocycles. The molecule has 17 aromatic carbocycles. The highest BCUT2D eigenvalue weighted by molar-refractivity contribution is 5.94. The van der Waals surface area contributed by atoms with Gasteiger partial charge in [0.25, 0.3) is 0 Å². The summed E-state index contributed by atoms with van der Waals surface area (Å²) in [7, 11) is 0. The Morgan fingerprint density at radius 2 is 0.480 bits per heavy atom. The molecular formula is C119H94N8. The Morgan fingerprint density at radius 3 is 0.945 bits per heavy atom. The van der Waals surface area contributed by atoms with E-state index in [9.17, 15) is 0 Å². The van der Waals surface area contributed by atoms with E-state index in [1.54, 1.807) is 0 Å². The Bertz CT molecular complexity index is 7060. The minimum atomic E-state index is -0.263. The van der Waals surface area contributed by atoms with Crippen LogP contribution in [0.3, 0.4) is 0 Å². The monoisotopic (exact) mass is 1630 g/mol. The van der Waals surface area contributed by atoms with E-state index in [0.29, 0.717) is 34.9 Å². The Kier molecular flexibility index (Phi) is 23.9. The molecule has 0 saturated heterocycles. The van der Waals surface area contributed by atoms with Crippen LogP contribution in [-0.2, 0) is 10.8 Å². The summed E-state index contributed by atoms with van der Waals surface area (Å²) in [5, 5.41) is 1.08. The molecule has 0 atom stereocenters. The second-order valence-electron chi connectivity index (χ2n) is 32.8. The van der Waals surface area contributed by atoms with E-state index >= 15 is 0 Å². The molecule has 22 rings (SSSR count). The van der Waals surface area contributed by atoms with Crippen LogP contribution in [0.25, 0.3) is 146 Å². The highest BCUT2D eigenvalue weighted by atomic mass is 15.0. The summed E-state index contributed by atoms with van der Waals surface area (Å²) in [5.74, 6) is 4.88. The van der Waals surface area contributed by atoms with E-state index < -0.39 is 0 Å². The van der Waals surface area contributed by atoms with Gasteiger partial charge in [0.15, 0.2) is 34.9 Å². The second kappa shape index (κ2) is 37.0. The van der Waals surface area contributed by atoms with Crippen molar-refractivity contribution >= 4 is 10.9 Å². The lowest BCUT2D eigenvalue weighted by molar-refractivity contribution is 0.660. The third-order valence-corrected chi connectivity index (χ3v) is 23.8. The molecule has 3 aromatic heterocycles. The molecule has 0 radical (unpaired) electrons. The molecule has 8 nitrogen and oxygen atoms in total. The van der Waals surface area contributed by atoms with Crippen molar-refractivity contribution in [2.45, 2.75) is 59.3 Å². The summed E-state index contributed by atoms with van der Waals surface area (Å²) in [6, 6.07) is 154. The molecule has 8 heteroatoms. The maximum absolute atomic E-state index is 4.86. The largest absolute Gasteiger partial charge is 0.228 e. The number of fused-ring (bicyclic) bond motifs is 7. The molecular weight excluding hydrogens is 1540 g/mol. The number of para-hydroxylation sites is 1. The molecule has 3 heterocycles. The van der Waals surface area contributed by atoms with Crippen LogP contribution in [0.2, 0.25) is 0 Å². The Labute approximate surface area is 744 Å². The molecule has 2 aliphatic carbocycles. The summed E-state index contributed by atoms with van der Waals surface area (Å²) in [6.45, 7) is 15.1. The van der Waals surface area contributed by atoms with Gasteiger partial charge in [0, 0.05) is 49.7 Å². The van der Waals surface area contributed by atoms with Crippen molar-refractivity contribution in [3.05, 3.63) is 504 Å². The zero-order valence-electron chi connectivity index (χ0n) is 72.2. The van der Waals surface area contributed by atoms with Crippen molar-refractivity contribution in [2.75, 3.05) is 0 Å². The average Bonchev–Trinajstić information content (AvgIpc) is 1.56. The lowest BCUT2D eigenvalue weighted by atomic mass is 9.67. The first kappa shape index (κ1) is 82.1. The van der Waals surface area contributed by atoms with Crippen molar-refractivity contribution in [3.8, 4) is 135 Å². The van der Waals surface area contributed by atoms with Crippen LogP contribution in [0, 0.1) is 34.6 Å². The fourth-order valence-corrected chi connectivity index (χ4v) is 17.3. The molecule has 0 amide bonds. The number of hydrogen-bond donors (Lipinski definition) is 0. The second-order valence-corrected chi connectivity index (χ2v) is 32.8. The summed E-state index contributed by atoms with van der Waals surface area (Å²) in [6.07, 6.45) is 0. The summed E-state index contributed by atoms with van der Waals surface area (Å²) < 4.78 is 0. The number of nitrogens with zero attached hydrogens (tertiary/aromatic N) is 8. The van der Waals surface area contributed by atoms with E-state index in [-0.39, 0.29) is 10.8 Å². The molecule has 127 heavy (non-hydrogen) atoms. The molecule has 20 aromatic rings. The minimum absolute atomic E-state index is 0.151. The van der Waals surface area contributed by atoms with Crippen LogP contribution in [0.4, 0.5) is 0 Å². The van der Waals surface area contributed by atoms with Crippen LogP contribution >= 0.6 is 0 Å². The standard InChI is InChI=1S/2C28H21N3.C26H20.C21H16N2.C16H16/c1-20-9-8-14-25(19-20)28-30-26(23-12-6-3-7-13-23)29-27(31-28)24-17-15-22(16-18-24)21-10-4-2-5-11-21;1-20-29-27(25-16-12-23(13-17-25)21-8-4-2-5-9-21)31-28(30-20)26-18-14-24(15-19-26)22-10-6-3-7-11-22;1-19-16-17-23-22-14-8-9-15-24(22)26(25(23)18-19,20-10-4-2-5-11-20)21-12-6-3-7-13-21;1-15-11-13-17(14-12-15)21-22-19-10-6-5-9-18(19)20(23-21)16-7-3-2-4-8-16;1-11-8-9-13-12-6-4-5-7-14(12)16(2,3)15(13)10-11/h2*2-19H,1H3;2-18H,1H3;2-14H,1H3;4-10H,1-3H3. The quantitative estimate of drug-likeness (QED) is 0.119. The van der Waals surface area contributed by atoms with Gasteiger partial charge in [-0.05, 0) is 136 Å². The molecule has 0 fully saturated rings. The van der Waals surface area contributed by atoms with Gasteiger partial charge in [0.05, 0.1) is 16.6 Å². The maximum Gasteiger partial charge on any atom is 0.164 e. The summed E-state index contributed by atoms with van der Waals surface area (Å²) in [4.78, 5) is 37.9. The van der Waals surface area contributed by atoms with Crippen molar-refractivity contribution in [1.29, 1.82) is 0 Å². The lowest BCUT2D eigenvalue weighted by Gasteiger charge is -2.34. The molecule has 0 aliphatic heterocycles. The van der Waals surface area contributed by atoms with Crippen molar-refractivity contribution in [2.24, 2.45) is 0 Å². The van der Waals surface area contributed by atoms with Crippen LogP contribution in [-0.4, -0.2) is 39.9 Å². The fourth-order valence-electron chi connectivity index (χ4n) is 17.3. The predicted molar refractivity (Wildman–Crippen MR) is 525 cm³/mol. The van der Waals surface area contributed by atoms with Crippen LogP contribution in [0.1, 0.15) is 75.3 Å². The number of aromatic nitrogens is 8. The van der Waals surface area contributed by atoms with Gasteiger partial charge >= 0.3 is 0 Å². The first-order valence-electron chi connectivity index (χ1n) is 43.3. The van der Waals surface area contributed by atoms with Gasteiger partial charge in [-0.3, -0.25) is 0 Å². The van der Waals surface area contributed by atoms with Crippen LogP contribution < -0.4 is 0 Å². The van der Waals surface area contributed by atoms with Gasteiger partial charge in [0.1, 0.15) is 5.82 Å². The van der Waals surface area contributed by atoms with E-state index in [1.165, 1.54) is 111 Å². The highest BCUT2D eigenvalue weighted by Crippen LogP contribution is 2.56. The van der Waals surface area contributed by atoms with Crippen LogP contribution in [0.5, 0.6) is 0 Å². The normalized spacial score (nSPS) is 12.0. The Hall–Kier alpha value is -15.9. The third kappa shape index (κ3) is 17.8. The van der Waals surface area contributed by atoms with E-state index in [2.05, 4.69) is 373 Å². The minimum Gasteiger partial charge on any atom is -0.228 e. The SMILES string of the molecule is Cc1ccc(-c2nc(-c3ccccc3)c3ccccc3n2)cc1.Cc1ccc2c(c1)C(C)(C)c1ccccc1-2.Cc1ccc2c(c1)C(c1ccccc1)(c1ccccc1)c1ccccc1-2.Cc1cccc(-c2nc(-c3ccccc3)nc(-c3ccc(-c4ccccc4)cc3)n2)c1.Cc1nc(-c2ccc(-c3ccccc3)cc2)nc(-c2ccc(-c3ccccc3)cc2)n1. The smallest absolute Gasteiger partial charge is 0.164 e. The Morgan fingerprint density at radius 1 is 0.181 bits per heavy atom. The summed E-state index contributed by atoms with van der Waals surface area (Å²) in [5.41, 5.74) is 34.8. The van der Waals surface area contributed by atoms with Crippen molar-refractivity contribution < 1.29 is 0 Å². The zero-order valence-corrected chi connectivity index (χ0v) is 72.2. The number of aryl methyl sites for hydroxylation is 5. The molecule has 0 N–H and O–H groups in total. The molecule has 610 valence electrons. The number of rotatable bonds is 12. The van der Waals surface area contributed by atoms with E-state index in [0.717, 1.165) is 61.4 Å². The first-order chi connectivity index (χ1) is 62.2.